The van der Waals surface area contributed by atoms with Gasteiger partial charge in [-0.1, -0.05) is 24.3 Å². The van der Waals surface area contributed by atoms with Crippen molar-refractivity contribution in [1.82, 2.24) is 5.32 Å². The van der Waals surface area contributed by atoms with E-state index in [1.54, 1.807) is 0 Å². The van der Waals surface area contributed by atoms with Crippen LogP contribution < -0.4 is 5.32 Å². The first kappa shape index (κ1) is 11.8. The molecule has 0 bridgehead atoms. The van der Waals surface area contributed by atoms with Crippen molar-refractivity contribution in [1.29, 1.82) is 0 Å². The molecule has 0 aromatic heterocycles. The lowest BCUT2D eigenvalue weighted by Gasteiger charge is -2.09. The zero-order chi connectivity index (χ0) is 11.4. The molecule has 0 heterocycles. The Hall–Kier alpha value is -1.28. The summed E-state index contributed by atoms with van der Waals surface area (Å²) in [5.74, 6) is 0.402. The van der Waals surface area contributed by atoms with E-state index in [1.807, 2.05) is 32.9 Å². The van der Waals surface area contributed by atoms with E-state index in [2.05, 4.69) is 11.9 Å². The molecule has 0 spiro atoms. The van der Waals surface area contributed by atoms with Gasteiger partial charge in [-0.2, -0.15) is 0 Å². The summed E-state index contributed by atoms with van der Waals surface area (Å²) in [5, 5.41) is 12.9. The third-order valence-corrected chi connectivity index (χ3v) is 2.31. The zero-order valence-electron chi connectivity index (χ0n) is 9.72. The highest BCUT2D eigenvalue weighted by Crippen LogP contribution is 2.22. The van der Waals surface area contributed by atoms with Gasteiger partial charge in [0, 0.05) is 13.1 Å². The van der Waals surface area contributed by atoms with Crippen molar-refractivity contribution in [3.05, 3.63) is 41.0 Å². The molecule has 0 saturated heterocycles. The molecule has 82 valence electrons. The van der Waals surface area contributed by atoms with Crippen molar-refractivity contribution in [2.45, 2.75) is 27.3 Å². The molecule has 0 amide bonds. The Morgan fingerprint density at radius 3 is 2.33 bits per heavy atom. The van der Waals surface area contributed by atoms with Crippen molar-refractivity contribution in [2.75, 3.05) is 6.54 Å². The number of aryl methyl sites for hydroxylation is 2. The maximum atomic E-state index is 9.61. The van der Waals surface area contributed by atoms with Crippen molar-refractivity contribution in [2.24, 2.45) is 0 Å². The molecule has 0 saturated carbocycles. The van der Waals surface area contributed by atoms with Crippen molar-refractivity contribution < 1.29 is 5.11 Å². The number of phenolic OH excluding ortho intramolecular Hbond substituents is 1. The van der Waals surface area contributed by atoms with E-state index in [1.165, 1.54) is 5.56 Å². The van der Waals surface area contributed by atoms with Crippen LogP contribution in [0.2, 0.25) is 0 Å². The van der Waals surface area contributed by atoms with Gasteiger partial charge in [0.15, 0.2) is 0 Å². The van der Waals surface area contributed by atoms with Gasteiger partial charge in [0.05, 0.1) is 0 Å². The molecule has 15 heavy (non-hydrogen) atoms. The Morgan fingerprint density at radius 1 is 1.33 bits per heavy atom. The molecule has 0 unspecified atom stereocenters. The number of phenols is 1. The standard InChI is InChI=1S/C13H19NO/c1-9(2)7-14-8-12-5-10(3)13(15)11(4)6-12/h5-6,14-15H,1,7-8H2,2-4H3. The van der Waals surface area contributed by atoms with E-state index < -0.39 is 0 Å². The van der Waals surface area contributed by atoms with Crippen LogP contribution in [0.5, 0.6) is 5.75 Å². The molecule has 0 atom stereocenters. The largest absolute Gasteiger partial charge is 0.507 e. The molecule has 2 N–H and O–H groups in total. The van der Waals surface area contributed by atoms with Gasteiger partial charge < -0.3 is 10.4 Å². The first-order valence-corrected chi connectivity index (χ1v) is 5.15. The summed E-state index contributed by atoms with van der Waals surface area (Å²) in [6.45, 7) is 11.3. The van der Waals surface area contributed by atoms with E-state index in [0.717, 1.165) is 29.8 Å². The summed E-state index contributed by atoms with van der Waals surface area (Å²) in [7, 11) is 0. The van der Waals surface area contributed by atoms with Gasteiger partial charge in [0.2, 0.25) is 0 Å². The maximum Gasteiger partial charge on any atom is 0.121 e. The number of hydrogen-bond donors (Lipinski definition) is 2. The lowest BCUT2D eigenvalue weighted by Crippen LogP contribution is -2.15. The smallest absolute Gasteiger partial charge is 0.121 e. The van der Waals surface area contributed by atoms with Crippen LogP contribution in [-0.2, 0) is 6.54 Å². The summed E-state index contributed by atoms with van der Waals surface area (Å²) >= 11 is 0. The van der Waals surface area contributed by atoms with Gasteiger partial charge in [0.1, 0.15) is 5.75 Å². The van der Waals surface area contributed by atoms with E-state index >= 15 is 0 Å². The summed E-state index contributed by atoms with van der Waals surface area (Å²) in [6, 6.07) is 4.02. The molecular formula is C13H19NO. The summed E-state index contributed by atoms with van der Waals surface area (Å²) < 4.78 is 0. The van der Waals surface area contributed by atoms with Crippen molar-refractivity contribution in [3.8, 4) is 5.75 Å². The molecule has 0 aliphatic carbocycles. The Kier molecular flexibility index (Phi) is 3.92. The summed E-state index contributed by atoms with van der Waals surface area (Å²) in [4.78, 5) is 0. The van der Waals surface area contributed by atoms with E-state index in [9.17, 15) is 5.11 Å². The first-order chi connectivity index (χ1) is 7.00. The van der Waals surface area contributed by atoms with Crippen molar-refractivity contribution >= 4 is 0 Å². The molecule has 2 heteroatoms. The highest BCUT2D eigenvalue weighted by Gasteiger charge is 2.02. The molecular weight excluding hydrogens is 186 g/mol. The molecule has 0 aliphatic rings. The van der Waals surface area contributed by atoms with Crippen molar-refractivity contribution in [3.63, 3.8) is 0 Å². The third-order valence-electron chi connectivity index (χ3n) is 2.31. The minimum absolute atomic E-state index is 0.402. The van der Waals surface area contributed by atoms with E-state index in [4.69, 9.17) is 0 Å². The van der Waals surface area contributed by atoms with Crippen LogP contribution in [0.25, 0.3) is 0 Å². The highest BCUT2D eigenvalue weighted by atomic mass is 16.3. The molecule has 1 aromatic carbocycles. The Morgan fingerprint density at radius 2 is 1.87 bits per heavy atom. The Balaban J connectivity index is 2.66. The number of hydrogen-bond acceptors (Lipinski definition) is 2. The van der Waals surface area contributed by atoms with Gasteiger partial charge in [0.25, 0.3) is 0 Å². The number of rotatable bonds is 4. The van der Waals surface area contributed by atoms with Gasteiger partial charge in [-0.3, -0.25) is 0 Å². The topological polar surface area (TPSA) is 32.3 Å². The van der Waals surface area contributed by atoms with Gasteiger partial charge in [-0.25, -0.2) is 0 Å². The lowest BCUT2D eigenvalue weighted by molar-refractivity contribution is 0.466. The average molecular weight is 205 g/mol. The number of nitrogens with one attached hydrogen (secondary N) is 1. The van der Waals surface area contributed by atoms with Crippen LogP contribution in [0.1, 0.15) is 23.6 Å². The Labute approximate surface area is 91.6 Å². The molecule has 1 aromatic rings. The average Bonchev–Trinajstić information content (AvgIpc) is 2.13. The zero-order valence-corrected chi connectivity index (χ0v) is 9.72. The van der Waals surface area contributed by atoms with E-state index in [0.29, 0.717) is 5.75 Å². The second-order valence-electron chi connectivity index (χ2n) is 4.14. The molecule has 0 aliphatic heterocycles. The number of aromatic hydroxyl groups is 1. The predicted molar refractivity (Wildman–Crippen MR) is 64.1 cm³/mol. The molecule has 1 rings (SSSR count). The molecule has 0 fully saturated rings. The minimum Gasteiger partial charge on any atom is -0.507 e. The van der Waals surface area contributed by atoms with Crippen LogP contribution in [0.3, 0.4) is 0 Å². The normalized spacial score (nSPS) is 10.3. The van der Waals surface area contributed by atoms with Crippen LogP contribution >= 0.6 is 0 Å². The first-order valence-electron chi connectivity index (χ1n) is 5.15. The highest BCUT2D eigenvalue weighted by molar-refractivity contribution is 5.42. The summed E-state index contributed by atoms with van der Waals surface area (Å²) in [5.41, 5.74) is 4.19. The van der Waals surface area contributed by atoms with Crippen LogP contribution in [0, 0.1) is 13.8 Å². The minimum atomic E-state index is 0.402. The van der Waals surface area contributed by atoms with Crippen LogP contribution in [-0.4, -0.2) is 11.7 Å². The summed E-state index contributed by atoms with van der Waals surface area (Å²) in [6.07, 6.45) is 0. The fourth-order valence-electron chi connectivity index (χ4n) is 1.57. The number of benzene rings is 1. The molecule has 2 nitrogen and oxygen atoms in total. The fourth-order valence-corrected chi connectivity index (χ4v) is 1.57. The predicted octanol–water partition coefficient (Wildman–Crippen LogP) is 2.67. The Bertz CT molecular complexity index is 346. The monoisotopic (exact) mass is 205 g/mol. The SMILES string of the molecule is C=C(C)CNCc1cc(C)c(O)c(C)c1. The van der Waals surface area contributed by atoms with Gasteiger partial charge in [-0.15, -0.1) is 0 Å². The maximum absolute atomic E-state index is 9.61. The second kappa shape index (κ2) is 4.99. The second-order valence-corrected chi connectivity index (χ2v) is 4.14. The fraction of sp³-hybridized carbons (Fsp3) is 0.385. The molecule has 0 radical (unpaired) electrons. The van der Waals surface area contributed by atoms with Crippen LogP contribution in [0.15, 0.2) is 24.3 Å². The van der Waals surface area contributed by atoms with E-state index in [-0.39, 0.29) is 0 Å². The van der Waals surface area contributed by atoms with Gasteiger partial charge in [-0.05, 0) is 37.5 Å². The van der Waals surface area contributed by atoms with Gasteiger partial charge >= 0.3 is 0 Å². The van der Waals surface area contributed by atoms with Crippen LogP contribution in [0.4, 0.5) is 0 Å². The lowest BCUT2D eigenvalue weighted by atomic mass is 10.1. The third kappa shape index (κ3) is 3.40. The quantitative estimate of drug-likeness (QED) is 0.741.